The molecule has 0 heterocycles. The summed E-state index contributed by atoms with van der Waals surface area (Å²) >= 11 is 0. The van der Waals surface area contributed by atoms with Gasteiger partial charge in [-0.2, -0.15) is 0 Å². The fourth-order valence-electron chi connectivity index (χ4n) is 1.57. The maximum Gasteiger partial charge on any atom is 0.329 e. The molecule has 0 spiro atoms. The van der Waals surface area contributed by atoms with Crippen LogP contribution in [0.2, 0.25) is 0 Å². The van der Waals surface area contributed by atoms with Crippen molar-refractivity contribution in [3.8, 4) is 11.1 Å². The Morgan fingerprint density at radius 1 is 0.950 bits per heavy atom. The Kier molecular flexibility index (Phi) is 7.77. The average molecular weight is 272 g/mol. The standard InChI is InChI=1S/C12H10.C5H10O3/c1-3-7-11(8-4-1)12-9-5-2-6-10-12;1-2-3-8-4-5(6)7/h1-10H;2-4H2,1H3,(H,6,7). The van der Waals surface area contributed by atoms with E-state index in [1.165, 1.54) is 11.1 Å². The highest BCUT2D eigenvalue weighted by Gasteiger charge is 1.92. The Morgan fingerprint density at radius 2 is 1.40 bits per heavy atom. The Balaban J connectivity index is 0.000000221. The van der Waals surface area contributed by atoms with Gasteiger partial charge in [0.25, 0.3) is 0 Å². The molecule has 0 aromatic heterocycles. The van der Waals surface area contributed by atoms with Gasteiger partial charge in [0.1, 0.15) is 6.61 Å². The molecule has 2 aromatic carbocycles. The number of hydrogen-bond acceptors (Lipinski definition) is 2. The van der Waals surface area contributed by atoms with E-state index in [1.54, 1.807) is 0 Å². The molecule has 106 valence electrons. The molecule has 0 aliphatic carbocycles. The summed E-state index contributed by atoms with van der Waals surface area (Å²) in [5, 5.41) is 8.02. The highest BCUT2D eigenvalue weighted by atomic mass is 16.5. The van der Waals surface area contributed by atoms with Gasteiger partial charge in [0.05, 0.1) is 0 Å². The SMILES string of the molecule is CCCOCC(=O)O.c1ccc(-c2ccccc2)cc1. The fraction of sp³-hybridized carbons (Fsp3) is 0.235. The quantitative estimate of drug-likeness (QED) is 0.841. The zero-order valence-electron chi connectivity index (χ0n) is 11.7. The zero-order chi connectivity index (χ0) is 14.6. The molecule has 0 saturated heterocycles. The predicted octanol–water partition coefficient (Wildman–Crippen LogP) is 3.85. The van der Waals surface area contributed by atoms with Crippen LogP contribution in [0.5, 0.6) is 0 Å². The minimum atomic E-state index is -0.904. The van der Waals surface area contributed by atoms with Crippen LogP contribution >= 0.6 is 0 Å². The molecule has 0 aliphatic rings. The highest BCUT2D eigenvalue weighted by molar-refractivity contribution is 5.68. The largest absolute Gasteiger partial charge is 0.480 e. The fourth-order valence-corrected chi connectivity index (χ4v) is 1.57. The second-order valence-electron chi connectivity index (χ2n) is 4.18. The first kappa shape index (κ1) is 15.9. The van der Waals surface area contributed by atoms with Gasteiger partial charge < -0.3 is 9.84 Å². The number of carboxylic acids is 1. The van der Waals surface area contributed by atoms with E-state index in [0.717, 1.165) is 6.42 Å². The monoisotopic (exact) mass is 272 g/mol. The third kappa shape index (κ3) is 6.71. The van der Waals surface area contributed by atoms with E-state index < -0.39 is 5.97 Å². The molecule has 0 fully saturated rings. The van der Waals surface area contributed by atoms with Crippen molar-refractivity contribution in [2.24, 2.45) is 0 Å². The molecule has 2 aromatic rings. The summed E-state index contributed by atoms with van der Waals surface area (Å²) in [7, 11) is 0. The minimum absolute atomic E-state index is 0.173. The second kappa shape index (κ2) is 9.75. The van der Waals surface area contributed by atoms with E-state index in [1.807, 2.05) is 19.1 Å². The predicted molar refractivity (Wildman–Crippen MR) is 80.6 cm³/mol. The summed E-state index contributed by atoms with van der Waals surface area (Å²) in [6, 6.07) is 20.8. The smallest absolute Gasteiger partial charge is 0.329 e. The number of carboxylic acid groups (broad SMARTS) is 1. The molecule has 0 saturated carbocycles. The van der Waals surface area contributed by atoms with Crippen LogP contribution in [0.3, 0.4) is 0 Å². The molecule has 20 heavy (non-hydrogen) atoms. The van der Waals surface area contributed by atoms with Crippen molar-refractivity contribution in [1.29, 1.82) is 0 Å². The Bertz CT molecular complexity index is 443. The molecule has 0 aliphatic heterocycles. The molecular weight excluding hydrogens is 252 g/mol. The van der Waals surface area contributed by atoms with Crippen LogP contribution in [0.25, 0.3) is 11.1 Å². The van der Waals surface area contributed by atoms with Crippen LogP contribution in [0.4, 0.5) is 0 Å². The second-order valence-corrected chi connectivity index (χ2v) is 4.18. The van der Waals surface area contributed by atoms with E-state index in [2.05, 4.69) is 53.3 Å². The zero-order valence-corrected chi connectivity index (χ0v) is 11.7. The van der Waals surface area contributed by atoms with Crippen molar-refractivity contribution in [3.63, 3.8) is 0 Å². The molecule has 0 atom stereocenters. The van der Waals surface area contributed by atoms with Crippen LogP contribution < -0.4 is 0 Å². The van der Waals surface area contributed by atoms with E-state index in [4.69, 9.17) is 5.11 Å². The first-order chi connectivity index (χ1) is 9.74. The lowest BCUT2D eigenvalue weighted by molar-refractivity contribution is -0.142. The summed E-state index contributed by atoms with van der Waals surface area (Å²) < 4.78 is 4.64. The first-order valence-corrected chi connectivity index (χ1v) is 6.64. The lowest BCUT2D eigenvalue weighted by Gasteiger charge is -1.98. The van der Waals surface area contributed by atoms with Gasteiger partial charge in [0.15, 0.2) is 0 Å². The van der Waals surface area contributed by atoms with E-state index in [9.17, 15) is 4.79 Å². The molecule has 0 amide bonds. The molecule has 0 unspecified atom stereocenters. The number of aliphatic carboxylic acids is 1. The molecule has 0 bridgehead atoms. The number of carbonyl (C=O) groups is 1. The van der Waals surface area contributed by atoms with Gasteiger partial charge in [-0.3, -0.25) is 0 Å². The molecule has 0 radical (unpaired) electrons. The van der Waals surface area contributed by atoms with Gasteiger partial charge in [-0.05, 0) is 17.5 Å². The van der Waals surface area contributed by atoms with Gasteiger partial charge in [-0.1, -0.05) is 67.6 Å². The third-order valence-corrected chi connectivity index (χ3v) is 2.45. The summed E-state index contributed by atoms with van der Waals surface area (Å²) in [5.74, 6) is -0.904. The highest BCUT2D eigenvalue weighted by Crippen LogP contribution is 2.17. The minimum Gasteiger partial charge on any atom is -0.480 e. The summed E-state index contributed by atoms with van der Waals surface area (Å²) in [6.07, 6.45) is 0.868. The Morgan fingerprint density at radius 3 is 1.75 bits per heavy atom. The van der Waals surface area contributed by atoms with Crippen molar-refractivity contribution >= 4 is 5.97 Å². The van der Waals surface area contributed by atoms with Gasteiger partial charge in [-0.25, -0.2) is 4.79 Å². The van der Waals surface area contributed by atoms with Crippen molar-refractivity contribution in [1.82, 2.24) is 0 Å². The van der Waals surface area contributed by atoms with Crippen LogP contribution in [0.1, 0.15) is 13.3 Å². The lowest BCUT2D eigenvalue weighted by atomic mass is 10.1. The number of ether oxygens (including phenoxy) is 1. The molecular formula is C17H20O3. The van der Waals surface area contributed by atoms with Crippen LogP contribution in [0.15, 0.2) is 60.7 Å². The summed E-state index contributed by atoms with van der Waals surface area (Å²) in [5.41, 5.74) is 2.55. The van der Waals surface area contributed by atoms with Gasteiger partial charge in [0.2, 0.25) is 0 Å². The maximum absolute atomic E-state index is 9.75. The van der Waals surface area contributed by atoms with Crippen molar-refractivity contribution in [2.45, 2.75) is 13.3 Å². The lowest BCUT2D eigenvalue weighted by Crippen LogP contribution is -2.06. The van der Waals surface area contributed by atoms with E-state index in [0.29, 0.717) is 6.61 Å². The molecule has 1 N–H and O–H groups in total. The maximum atomic E-state index is 9.75. The van der Waals surface area contributed by atoms with Crippen molar-refractivity contribution in [3.05, 3.63) is 60.7 Å². The van der Waals surface area contributed by atoms with E-state index in [-0.39, 0.29) is 6.61 Å². The van der Waals surface area contributed by atoms with Crippen LogP contribution in [-0.4, -0.2) is 24.3 Å². The molecule has 2 rings (SSSR count). The normalized spacial score (nSPS) is 9.45. The van der Waals surface area contributed by atoms with Gasteiger partial charge in [0, 0.05) is 6.61 Å². The third-order valence-electron chi connectivity index (χ3n) is 2.45. The number of rotatable bonds is 5. The summed E-state index contributed by atoms with van der Waals surface area (Å²) in [6.45, 7) is 2.29. The number of benzene rings is 2. The van der Waals surface area contributed by atoms with Crippen molar-refractivity contribution < 1.29 is 14.6 Å². The Hall–Kier alpha value is -2.13. The molecule has 3 heteroatoms. The van der Waals surface area contributed by atoms with Crippen LogP contribution in [0, 0.1) is 0 Å². The average Bonchev–Trinajstić information content (AvgIpc) is 2.50. The summed E-state index contributed by atoms with van der Waals surface area (Å²) in [4.78, 5) is 9.75. The van der Waals surface area contributed by atoms with Crippen LogP contribution in [-0.2, 0) is 9.53 Å². The Labute approximate surface area is 119 Å². The van der Waals surface area contributed by atoms with E-state index >= 15 is 0 Å². The van der Waals surface area contributed by atoms with Crippen molar-refractivity contribution in [2.75, 3.05) is 13.2 Å². The first-order valence-electron chi connectivity index (χ1n) is 6.64. The molecule has 3 nitrogen and oxygen atoms in total. The number of hydrogen-bond donors (Lipinski definition) is 1. The van der Waals surface area contributed by atoms with Gasteiger partial charge >= 0.3 is 5.97 Å². The van der Waals surface area contributed by atoms with Gasteiger partial charge in [-0.15, -0.1) is 0 Å². The topological polar surface area (TPSA) is 46.5 Å².